The Bertz CT molecular complexity index is 2510. The maximum absolute atomic E-state index is 5.03. The molecule has 0 radical (unpaired) electrons. The zero-order valence-corrected chi connectivity index (χ0v) is 26.6. The van der Waals surface area contributed by atoms with Gasteiger partial charge in [0.05, 0.1) is 22.4 Å². The van der Waals surface area contributed by atoms with Crippen molar-refractivity contribution >= 4 is 21.8 Å². The Morgan fingerprint density at radius 1 is 0.408 bits per heavy atom. The fourth-order valence-corrected chi connectivity index (χ4v) is 6.68. The van der Waals surface area contributed by atoms with Crippen molar-refractivity contribution in [3.05, 3.63) is 182 Å². The number of benzene rings is 7. The molecule has 0 aliphatic heterocycles. The predicted octanol–water partition coefficient (Wildman–Crippen LogP) is 11.3. The molecule has 9 aromatic rings. The Hall–Kier alpha value is -6.65. The highest BCUT2D eigenvalue weighted by atomic mass is 15.0. The van der Waals surface area contributed by atoms with Gasteiger partial charge < -0.3 is 0 Å². The zero-order chi connectivity index (χ0) is 32.6. The second-order valence-electron chi connectivity index (χ2n) is 12.1. The fourth-order valence-electron chi connectivity index (χ4n) is 6.68. The van der Waals surface area contributed by atoms with Gasteiger partial charge in [-0.25, -0.2) is 15.0 Å². The molecule has 4 heteroatoms. The SMILES string of the molecule is c1ccc(-c2cc(-c3ccccc3)nc(-c3ccc(-c4cccc5cccc(-c6ccc(-n7cnc8ccccc87)cc6)c45)cc3)n2)cc1. The summed E-state index contributed by atoms with van der Waals surface area (Å²) in [6.07, 6.45) is 1.89. The topological polar surface area (TPSA) is 43.6 Å². The van der Waals surface area contributed by atoms with Crippen LogP contribution in [0.3, 0.4) is 0 Å². The normalized spacial score (nSPS) is 11.3. The van der Waals surface area contributed by atoms with Crippen LogP contribution in [0.1, 0.15) is 0 Å². The van der Waals surface area contributed by atoms with Crippen LogP contribution in [0, 0.1) is 0 Å². The van der Waals surface area contributed by atoms with E-state index in [1.165, 1.54) is 27.5 Å². The third-order valence-corrected chi connectivity index (χ3v) is 9.13. The van der Waals surface area contributed by atoms with E-state index in [2.05, 4.69) is 137 Å². The van der Waals surface area contributed by atoms with Gasteiger partial charge in [-0.3, -0.25) is 4.57 Å². The van der Waals surface area contributed by atoms with E-state index in [-0.39, 0.29) is 0 Å². The lowest BCUT2D eigenvalue weighted by atomic mass is 9.91. The van der Waals surface area contributed by atoms with Crippen LogP contribution in [-0.4, -0.2) is 19.5 Å². The van der Waals surface area contributed by atoms with E-state index in [1.54, 1.807) is 0 Å². The third kappa shape index (κ3) is 5.35. The molecule has 4 nitrogen and oxygen atoms in total. The van der Waals surface area contributed by atoms with Gasteiger partial charge in [-0.15, -0.1) is 0 Å². The van der Waals surface area contributed by atoms with E-state index < -0.39 is 0 Å². The molecule has 0 saturated carbocycles. The summed E-state index contributed by atoms with van der Waals surface area (Å²) in [7, 11) is 0. The highest BCUT2D eigenvalue weighted by Crippen LogP contribution is 2.38. The number of hydrogen-bond acceptors (Lipinski definition) is 3. The van der Waals surface area contributed by atoms with Crippen LogP contribution in [0.25, 0.3) is 83.6 Å². The van der Waals surface area contributed by atoms with Gasteiger partial charge in [0.1, 0.15) is 6.33 Å². The van der Waals surface area contributed by atoms with Gasteiger partial charge in [-0.1, -0.05) is 146 Å². The van der Waals surface area contributed by atoms with Gasteiger partial charge >= 0.3 is 0 Å². The monoisotopic (exact) mass is 626 g/mol. The Kier molecular flexibility index (Phi) is 7.10. The first-order valence-electron chi connectivity index (χ1n) is 16.4. The molecule has 2 heterocycles. The Morgan fingerprint density at radius 3 is 1.55 bits per heavy atom. The minimum Gasteiger partial charge on any atom is -0.299 e. The van der Waals surface area contributed by atoms with Crippen molar-refractivity contribution in [3.8, 4) is 61.8 Å². The molecule has 7 aromatic carbocycles. The van der Waals surface area contributed by atoms with E-state index in [4.69, 9.17) is 9.97 Å². The molecular weight excluding hydrogens is 597 g/mol. The molecule has 0 spiro atoms. The molecule has 230 valence electrons. The molecule has 0 atom stereocenters. The van der Waals surface area contributed by atoms with Crippen LogP contribution >= 0.6 is 0 Å². The van der Waals surface area contributed by atoms with Crippen molar-refractivity contribution in [3.63, 3.8) is 0 Å². The molecule has 0 unspecified atom stereocenters. The Balaban J connectivity index is 1.10. The lowest BCUT2D eigenvalue weighted by Gasteiger charge is -2.14. The summed E-state index contributed by atoms with van der Waals surface area (Å²) < 4.78 is 2.14. The van der Waals surface area contributed by atoms with Crippen LogP contribution in [0.4, 0.5) is 0 Å². The first-order chi connectivity index (χ1) is 24.3. The molecule has 0 bridgehead atoms. The minimum atomic E-state index is 0.705. The van der Waals surface area contributed by atoms with Gasteiger partial charge in [0.2, 0.25) is 0 Å². The maximum atomic E-state index is 5.03. The molecule has 2 aromatic heterocycles. The molecule has 0 saturated heterocycles. The molecular formula is C45H30N4. The summed E-state index contributed by atoms with van der Waals surface area (Å²) in [6.45, 7) is 0. The summed E-state index contributed by atoms with van der Waals surface area (Å²) in [6, 6.07) is 61.4. The van der Waals surface area contributed by atoms with Crippen molar-refractivity contribution < 1.29 is 0 Å². The van der Waals surface area contributed by atoms with Gasteiger partial charge in [-0.05, 0) is 63.4 Å². The van der Waals surface area contributed by atoms with Crippen molar-refractivity contribution in [2.75, 3.05) is 0 Å². The Morgan fingerprint density at radius 2 is 0.939 bits per heavy atom. The van der Waals surface area contributed by atoms with Gasteiger partial charge in [0.15, 0.2) is 5.82 Å². The molecule has 9 rings (SSSR count). The summed E-state index contributed by atoms with van der Waals surface area (Å²) in [4.78, 5) is 14.6. The number of para-hydroxylation sites is 2. The highest BCUT2D eigenvalue weighted by Gasteiger charge is 2.14. The second-order valence-corrected chi connectivity index (χ2v) is 12.1. The Labute approximate surface area is 284 Å². The highest BCUT2D eigenvalue weighted by molar-refractivity contribution is 6.06. The molecule has 0 aliphatic carbocycles. The molecule has 0 fully saturated rings. The molecule has 0 N–H and O–H groups in total. The van der Waals surface area contributed by atoms with E-state index in [1.807, 2.05) is 54.9 Å². The number of aromatic nitrogens is 4. The number of imidazole rings is 1. The van der Waals surface area contributed by atoms with Crippen LogP contribution in [0.2, 0.25) is 0 Å². The van der Waals surface area contributed by atoms with E-state index >= 15 is 0 Å². The first kappa shape index (κ1) is 28.6. The van der Waals surface area contributed by atoms with E-state index in [9.17, 15) is 0 Å². The lowest BCUT2D eigenvalue weighted by Crippen LogP contribution is -1.96. The van der Waals surface area contributed by atoms with Crippen molar-refractivity contribution in [2.45, 2.75) is 0 Å². The number of nitrogens with zero attached hydrogens (tertiary/aromatic N) is 4. The number of rotatable bonds is 6. The summed E-state index contributed by atoms with van der Waals surface area (Å²) in [5.74, 6) is 0.705. The molecule has 49 heavy (non-hydrogen) atoms. The van der Waals surface area contributed by atoms with Gasteiger partial charge in [0.25, 0.3) is 0 Å². The summed E-state index contributed by atoms with van der Waals surface area (Å²) in [5.41, 5.74) is 12.8. The minimum absolute atomic E-state index is 0.705. The molecule has 0 aliphatic rings. The predicted molar refractivity (Wildman–Crippen MR) is 201 cm³/mol. The third-order valence-electron chi connectivity index (χ3n) is 9.13. The standard InChI is InChI=1S/C45H30N4/c1-3-11-33(12-4-1)41-29-42(34-13-5-2-6-14-34)48-45(47-41)36-23-21-31(22-24-36)38-17-9-15-35-16-10-18-39(44(35)38)32-25-27-37(28-26-32)49-30-46-40-19-7-8-20-43(40)49/h1-30H. The quantitative estimate of drug-likeness (QED) is 0.184. The van der Waals surface area contributed by atoms with Crippen molar-refractivity contribution in [1.82, 2.24) is 19.5 Å². The first-order valence-corrected chi connectivity index (χ1v) is 16.4. The molecule has 0 amide bonds. The van der Waals surface area contributed by atoms with Crippen LogP contribution < -0.4 is 0 Å². The van der Waals surface area contributed by atoms with Crippen LogP contribution in [-0.2, 0) is 0 Å². The zero-order valence-electron chi connectivity index (χ0n) is 26.6. The van der Waals surface area contributed by atoms with E-state index in [0.29, 0.717) is 5.82 Å². The number of fused-ring (bicyclic) bond motifs is 2. The summed E-state index contributed by atoms with van der Waals surface area (Å²) >= 11 is 0. The van der Waals surface area contributed by atoms with Gasteiger partial charge in [0, 0.05) is 22.4 Å². The van der Waals surface area contributed by atoms with Crippen LogP contribution in [0.15, 0.2) is 182 Å². The van der Waals surface area contributed by atoms with Crippen LogP contribution in [0.5, 0.6) is 0 Å². The average molecular weight is 627 g/mol. The van der Waals surface area contributed by atoms with Crippen molar-refractivity contribution in [1.29, 1.82) is 0 Å². The maximum Gasteiger partial charge on any atom is 0.160 e. The average Bonchev–Trinajstić information content (AvgIpc) is 3.62. The lowest BCUT2D eigenvalue weighted by molar-refractivity contribution is 1.09. The fraction of sp³-hybridized carbons (Fsp3) is 0. The smallest absolute Gasteiger partial charge is 0.160 e. The van der Waals surface area contributed by atoms with Gasteiger partial charge in [-0.2, -0.15) is 0 Å². The second kappa shape index (κ2) is 12.2. The van der Waals surface area contributed by atoms with Crippen molar-refractivity contribution in [2.24, 2.45) is 0 Å². The largest absolute Gasteiger partial charge is 0.299 e. The number of hydrogen-bond donors (Lipinski definition) is 0. The summed E-state index contributed by atoms with van der Waals surface area (Å²) in [5, 5.41) is 2.43. The van der Waals surface area contributed by atoms with E-state index in [0.717, 1.165) is 50.4 Å².